The number of nitrogens with one attached hydrogen (secondary N) is 2. The third kappa shape index (κ3) is 9.18. The molecule has 7 heteroatoms. The molecule has 0 saturated carbocycles. The van der Waals surface area contributed by atoms with Gasteiger partial charge in [0, 0.05) is 0 Å². The number of rotatable bonds is 7. The van der Waals surface area contributed by atoms with Crippen LogP contribution in [0.2, 0.25) is 0 Å². The second-order valence-electron chi connectivity index (χ2n) is 5.46. The number of hydrogen-bond donors (Lipinski definition) is 3. The van der Waals surface area contributed by atoms with Crippen LogP contribution < -0.4 is 10.6 Å². The van der Waals surface area contributed by atoms with Crippen molar-refractivity contribution in [3.63, 3.8) is 0 Å². The van der Waals surface area contributed by atoms with Crippen molar-refractivity contribution in [2.24, 2.45) is 0 Å². The van der Waals surface area contributed by atoms with Gasteiger partial charge in [-0.2, -0.15) is 0 Å². The highest BCUT2D eigenvalue weighted by Crippen LogP contribution is 2.06. The molecule has 0 fully saturated rings. The summed E-state index contributed by atoms with van der Waals surface area (Å²) >= 11 is 0. The lowest BCUT2D eigenvalue weighted by Crippen LogP contribution is -2.46. The summed E-state index contributed by atoms with van der Waals surface area (Å²) in [4.78, 5) is 33.8. The number of carboxylic acid groups (broad SMARTS) is 1. The van der Waals surface area contributed by atoms with Crippen molar-refractivity contribution in [1.82, 2.24) is 10.6 Å². The molecule has 0 aliphatic carbocycles. The number of ether oxygens (including phenoxy) is 1. The average Bonchev–Trinajstić information content (AvgIpc) is 2.29. The first-order chi connectivity index (χ1) is 9.15. The molecule has 116 valence electrons. The van der Waals surface area contributed by atoms with Crippen LogP contribution in [0.25, 0.3) is 0 Å². The fourth-order valence-corrected chi connectivity index (χ4v) is 1.38. The maximum atomic E-state index is 11.5. The highest BCUT2D eigenvalue weighted by Gasteiger charge is 2.20. The molecule has 20 heavy (non-hydrogen) atoms. The summed E-state index contributed by atoms with van der Waals surface area (Å²) in [5.74, 6) is -1.64. The molecule has 0 aliphatic heterocycles. The SMILES string of the molecule is CCCCC(NC(=O)CNC(=O)OC(C)(C)C)C(=O)O. The first-order valence-electron chi connectivity index (χ1n) is 6.64. The molecule has 7 nitrogen and oxygen atoms in total. The van der Waals surface area contributed by atoms with Gasteiger partial charge >= 0.3 is 12.1 Å². The van der Waals surface area contributed by atoms with Crippen LogP contribution in [0.15, 0.2) is 0 Å². The lowest BCUT2D eigenvalue weighted by molar-refractivity contribution is -0.141. The molecule has 0 rings (SSSR count). The number of alkyl carbamates (subject to hydrolysis) is 1. The maximum absolute atomic E-state index is 11.5. The summed E-state index contributed by atoms with van der Waals surface area (Å²) < 4.78 is 4.96. The molecule has 0 aliphatic rings. The predicted octanol–water partition coefficient (Wildman–Crippen LogP) is 1.27. The van der Waals surface area contributed by atoms with Gasteiger partial charge in [-0.1, -0.05) is 19.8 Å². The molecule has 0 heterocycles. The number of unbranched alkanes of at least 4 members (excludes halogenated alkanes) is 1. The van der Waals surface area contributed by atoms with E-state index in [-0.39, 0.29) is 6.54 Å². The van der Waals surface area contributed by atoms with E-state index in [4.69, 9.17) is 9.84 Å². The molecular formula is C13H24N2O5. The van der Waals surface area contributed by atoms with Crippen LogP contribution in [0.1, 0.15) is 47.0 Å². The molecule has 0 spiro atoms. The third-order valence-corrected chi connectivity index (χ3v) is 2.27. The van der Waals surface area contributed by atoms with Crippen molar-refractivity contribution in [3.8, 4) is 0 Å². The van der Waals surface area contributed by atoms with Gasteiger partial charge in [-0.15, -0.1) is 0 Å². The largest absolute Gasteiger partial charge is 0.480 e. The summed E-state index contributed by atoms with van der Waals surface area (Å²) in [6.07, 6.45) is 1.20. The second-order valence-corrected chi connectivity index (χ2v) is 5.46. The van der Waals surface area contributed by atoms with E-state index in [0.717, 1.165) is 6.42 Å². The zero-order chi connectivity index (χ0) is 15.8. The van der Waals surface area contributed by atoms with Gasteiger partial charge < -0.3 is 20.5 Å². The fourth-order valence-electron chi connectivity index (χ4n) is 1.38. The van der Waals surface area contributed by atoms with E-state index in [2.05, 4.69) is 10.6 Å². The monoisotopic (exact) mass is 288 g/mol. The van der Waals surface area contributed by atoms with Gasteiger partial charge in [-0.3, -0.25) is 4.79 Å². The Bertz CT molecular complexity index is 349. The fraction of sp³-hybridized carbons (Fsp3) is 0.769. The molecule has 1 atom stereocenters. The van der Waals surface area contributed by atoms with Crippen LogP contribution >= 0.6 is 0 Å². The lowest BCUT2D eigenvalue weighted by Gasteiger charge is -2.20. The van der Waals surface area contributed by atoms with Crippen molar-refractivity contribution in [2.75, 3.05) is 6.54 Å². The van der Waals surface area contributed by atoms with Crippen molar-refractivity contribution in [3.05, 3.63) is 0 Å². The summed E-state index contributed by atoms with van der Waals surface area (Å²) in [6.45, 7) is 6.74. The average molecular weight is 288 g/mol. The number of carbonyl (C=O) groups excluding carboxylic acids is 2. The molecule has 1 unspecified atom stereocenters. The highest BCUT2D eigenvalue weighted by molar-refractivity contribution is 5.86. The number of aliphatic carboxylic acids is 1. The van der Waals surface area contributed by atoms with Gasteiger partial charge in [-0.05, 0) is 27.2 Å². The summed E-state index contributed by atoms with van der Waals surface area (Å²) in [7, 11) is 0. The van der Waals surface area contributed by atoms with Crippen LogP contribution in [-0.2, 0) is 14.3 Å². The van der Waals surface area contributed by atoms with Crippen LogP contribution in [0.3, 0.4) is 0 Å². The van der Waals surface area contributed by atoms with Crippen molar-refractivity contribution < 1.29 is 24.2 Å². The summed E-state index contributed by atoms with van der Waals surface area (Å²) in [6, 6.07) is -0.928. The van der Waals surface area contributed by atoms with Crippen molar-refractivity contribution >= 4 is 18.0 Å². The number of amides is 2. The Morgan fingerprint density at radius 3 is 2.30 bits per heavy atom. The molecule has 0 bridgehead atoms. The van der Waals surface area contributed by atoms with Gasteiger partial charge in [0.2, 0.25) is 5.91 Å². The van der Waals surface area contributed by atoms with Gasteiger partial charge in [-0.25, -0.2) is 9.59 Å². The molecule has 0 aromatic heterocycles. The topological polar surface area (TPSA) is 105 Å². The quantitative estimate of drug-likeness (QED) is 0.654. The van der Waals surface area contributed by atoms with E-state index in [9.17, 15) is 14.4 Å². The van der Waals surface area contributed by atoms with E-state index in [1.807, 2.05) is 6.92 Å². The van der Waals surface area contributed by atoms with Gasteiger partial charge in [0.15, 0.2) is 0 Å². The molecule has 2 amide bonds. The lowest BCUT2D eigenvalue weighted by atomic mass is 10.1. The third-order valence-electron chi connectivity index (χ3n) is 2.27. The van der Waals surface area contributed by atoms with Crippen LogP contribution in [0.4, 0.5) is 4.79 Å². The van der Waals surface area contributed by atoms with E-state index in [0.29, 0.717) is 12.8 Å². The molecule has 0 aromatic rings. The Kier molecular flexibility index (Phi) is 7.64. The molecule has 0 saturated heterocycles. The van der Waals surface area contributed by atoms with Gasteiger partial charge in [0.25, 0.3) is 0 Å². The number of hydrogen-bond acceptors (Lipinski definition) is 4. The van der Waals surface area contributed by atoms with Crippen LogP contribution in [-0.4, -0.2) is 41.3 Å². The van der Waals surface area contributed by atoms with Crippen molar-refractivity contribution in [1.29, 1.82) is 0 Å². The predicted molar refractivity (Wildman–Crippen MR) is 73.3 cm³/mol. The minimum Gasteiger partial charge on any atom is -0.480 e. The molecule has 0 radical (unpaired) electrons. The summed E-state index contributed by atoms with van der Waals surface area (Å²) in [5.41, 5.74) is -0.648. The zero-order valence-corrected chi connectivity index (χ0v) is 12.5. The zero-order valence-electron chi connectivity index (χ0n) is 12.5. The Labute approximate surface area is 119 Å². The van der Waals surface area contributed by atoms with Crippen molar-refractivity contribution in [2.45, 2.75) is 58.6 Å². The van der Waals surface area contributed by atoms with E-state index in [1.54, 1.807) is 20.8 Å². The smallest absolute Gasteiger partial charge is 0.408 e. The Balaban J connectivity index is 4.14. The second kappa shape index (κ2) is 8.39. The minimum atomic E-state index is -1.08. The standard InChI is InChI=1S/C13H24N2O5/c1-5-6-7-9(11(17)18)15-10(16)8-14-12(19)20-13(2,3)4/h9H,5-8H2,1-4H3,(H,14,19)(H,15,16)(H,17,18). The first-order valence-corrected chi connectivity index (χ1v) is 6.64. The molecule has 3 N–H and O–H groups in total. The molecule has 0 aromatic carbocycles. The first kappa shape index (κ1) is 18.2. The number of carbonyl (C=O) groups is 3. The summed E-state index contributed by atoms with van der Waals surface area (Å²) in [5, 5.41) is 13.6. The minimum absolute atomic E-state index is 0.315. The van der Waals surface area contributed by atoms with E-state index >= 15 is 0 Å². The Morgan fingerprint density at radius 2 is 1.85 bits per heavy atom. The van der Waals surface area contributed by atoms with E-state index in [1.165, 1.54) is 0 Å². The van der Waals surface area contributed by atoms with Crippen LogP contribution in [0, 0.1) is 0 Å². The van der Waals surface area contributed by atoms with E-state index < -0.39 is 29.6 Å². The highest BCUT2D eigenvalue weighted by atomic mass is 16.6. The van der Waals surface area contributed by atoms with Crippen LogP contribution in [0.5, 0.6) is 0 Å². The maximum Gasteiger partial charge on any atom is 0.408 e. The van der Waals surface area contributed by atoms with Gasteiger partial charge in [0.1, 0.15) is 18.2 Å². The number of carboxylic acids is 1. The Morgan fingerprint density at radius 1 is 1.25 bits per heavy atom. The molecular weight excluding hydrogens is 264 g/mol. The Hall–Kier alpha value is -1.79. The van der Waals surface area contributed by atoms with Gasteiger partial charge in [0.05, 0.1) is 0 Å². The normalized spacial score (nSPS) is 12.4.